The van der Waals surface area contributed by atoms with Crippen LogP contribution in [0.25, 0.3) is 11.3 Å². The van der Waals surface area contributed by atoms with Crippen molar-refractivity contribution in [2.24, 2.45) is 0 Å². The third kappa shape index (κ3) is 1.73. The van der Waals surface area contributed by atoms with Gasteiger partial charge in [-0.25, -0.2) is 0 Å². The van der Waals surface area contributed by atoms with Crippen molar-refractivity contribution in [2.45, 2.75) is 6.92 Å². The summed E-state index contributed by atoms with van der Waals surface area (Å²) in [6.45, 7) is 1.80. The van der Waals surface area contributed by atoms with E-state index in [1.807, 2.05) is 42.5 Å². The molecule has 0 saturated carbocycles. The van der Waals surface area contributed by atoms with E-state index in [9.17, 15) is 5.11 Å². The van der Waals surface area contributed by atoms with Gasteiger partial charge in [0.2, 0.25) is 5.69 Å². The van der Waals surface area contributed by atoms with Crippen LogP contribution in [0.3, 0.4) is 0 Å². The van der Waals surface area contributed by atoms with Crippen LogP contribution >= 0.6 is 0 Å². The van der Waals surface area contributed by atoms with Gasteiger partial charge in [0.15, 0.2) is 5.56 Å². The van der Waals surface area contributed by atoms with Crippen molar-refractivity contribution in [2.75, 3.05) is 0 Å². The molecule has 0 spiro atoms. The van der Waals surface area contributed by atoms with E-state index < -0.39 is 0 Å². The zero-order chi connectivity index (χ0) is 11.5. The second-order valence-electron chi connectivity index (χ2n) is 3.57. The fourth-order valence-corrected chi connectivity index (χ4v) is 1.62. The Hall–Kier alpha value is -2.34. The Bertz CT molecular complexity index is 533. The second-order valence-corrected chi connectivity index (χ2v) is 3.57. The topological polar surface area (TPSA) is 58.2 Å². The lowest BCUT2D eigenvalue weighted by molar-refractivity contribution is -0.382. The maximum atomic E-state index is 9.66. The predicted octanol–water partition coefficient (Wildman–Crippen LogP) is 2.05. The highest BCUT2D eigenvalue weighted by atomic mass is 16.3. The first-order chi connectivity index (χ1) is 7.72. The molecule has 16 heavy (non-hydrogen) atoms. The zero-order valence-corrected chi connectivity index (χ0v) is 8.86. The number of nitrogens with one attached hydrogen (secondary N) is 1. The third-order valence-electron chi connectivity index (χ3n) is 2.44. The van der Waals surface area contributed by atoms with Crippen molar-refractivity contribution < 1.29 is 10.1 Å². The number of aromatic amines is 1. The fourth-order valence-electron chi connectivity index (χ4n) is 1.62. The van der Waals surface area contributed by atoms with Crippen LogP contribution in [0.5, 0.6) is 5.88 Å². The SMILES string of the molecule is Cc1cc(-c2ccccc2)[nH+]c(O)c1C#N. The number of hydrogen-bond acceptors (Lipinski definition) is 2. The second kappa shape index (κ2) is 4.03. The molecular weight excluding hydrogens is 200 g/mol. The number of pyridine rings is 1. The van der Waals surface area contributed by atoms with Gasteiger partial charge in [-0.1, -0.05) is 18.2 Å². The molecule has 0 amide bonds. The highest BCUT2D eigenvalue weighted by Gasteiger charge is 2.15. The lowest BCUT2D eigenvalue weighted by Crippen LogP contribution is -2.10. The van der Waals surface area contributed by atoms with Crippen LogP contribution in [-0.4, -0.2) is 5.11 Å². The summed E-state index contributed by atoms with van der Waals surface area (Å²) < 4.78 is 0. The Kier molecular flexibility index (Phi) is 2.57. The lowest BCUT2D eigenvalue weighted by Gasteiger charge is -1.99. The van der Waals surface area contributed by atoms with E-state index in [0.29, 0.717) is 5.56 Å². The van der Waals surface area contributed by atoms with Crippen LogP contribution < -0.4 is 4.98 Å². The van der Waals surface area contributed by atoms with Crippen LogP contribution in [-0.2, 0) is 0 Å². The molecule has 0 bridgehead atoms. The Balaban J connectivity index is 2.58. The van der Waals surface area contributed by atoms with Gasteiger partial charge in [-0.05, 0) is 24.6 Å². The Morgan fingerprint density at radius 3 is 2.50 bits per heavy atom. The Morgan fingerprint density at radius 1 is 1.25 bits per heavy atom. The summed E-state index contributed by atoms with van der Waals surface area (Å²) in [4.78, 5) is 2.82. The largest absolute Gasteiger partial charge is 0.459 e. The van der Waals surface area contributed by atoms with Crippen molar-refractivity contribution >= 4 is 0 Å². The van der Waals surface area contributed by atoms with Crippen LogP contribution in [0.15, 0.2) is 36.4 Å². The van der Waals surface area contributed by atoms with Gasteiger partial charge in [-0.2, -0.15) is 10.2 Å². The Labute approximate surface area is 93.6 Å². The Morgan fingerprint density at radius 2 is 1.94 bits per heavy atom. The quantitative estimate of drug-likeness (QED) is 0.784. The number of benzene rings is 1. The van der Waals surface area contributed by atoms with Crippen molar-refractivity contribution in [1.82, 2.24) is 0 Å². The lowest BCUT2D eigenvalue weighted by atomic mass is 10.1. The highest BCUT2D eigenvalue weighted by Crippen LogP contribution is 2.21. The first kappa shape index (κ1) is 10.2. The van der Waals surface area contributed by atoms with Crippen molar-refractivity contribution in [3.8, 4) is 23.2 Å². The molecule has 2 aromatic rings. The molecule has 2 N–H and O–H groups in total. The minimum absolute atomic E-state index is 0.0821. The molecule has 1 aromatic carbocycles. The maximum absolute atomic E-state index is 9.66. The summed E-state index contributed by atoms with van der Waals surface area (Å²) in [6.07, 6.45) is 0. The van der Waals surface area contributed by atoms with Crippen LogP contribution in [0.1, 0.15) is 11.1 Å². The highest BCUT2D eigenvalue weighted by molar-refractivity contribution is 5.58. The number of hydrogen-bond donors (Lipinski definition) is 1. The van der Waals surface area contributed by atoms with Crippen molar-refractivity contribution in [1.29, 1.82) is 5.26 Å². The predicted molar refractivity (Wildman–Crippen MR) is 59.6 cm³/mol. The summed E-state index contributed by atoms with van der Waals surface area (Å²) in [5.74, 6) is -0.0821. The van der Waals surface area contributed by atoms with Gasteiger partial charge in [-0.15, -0.1) is 0 Å². The molecule has 2 rings (SSSR count). The van der Waals surface area contributed by atoms with E-state index in [1.54, 1.807) is 6.92 Å². The molecular formula is C13H11N2O+. The standard InChI is InChI=1S/C13H10N2O/c1-9-7-12(10-5-3-2-4-6-10)15-13(16)11(9)8-14/h2-7H,1H3,(H,15,16)/p+1. The monoisotopic (exact) mass is 211 g/mol. The average Bonchev–Trinajstić information content (AvgIpc) is 2.30. The number of aromatic nitrogens is 1. The van der Waals surface area contributed by atoms with E-state index in [4.69, 9.17) is 5.26 Å². The molecule has 0 unspecified atom stereocenters. The van der Waals surface area contributed by atoms with Gasteiger partial charge in [-0.3, -0.25) is 0 Å². The van der Waals surface area contributed by atoms with E-state index in [0.717, 1.165) is 16.8 Å². The van der Waals surface area contributed by atoms with Gasteiger partial charge < -0.3 is 5.11 Å². The smallest absolute Gasteiger partial charge is 0.382 e. The summed E-state index contributed by atoms with van der Waals surface area (Å²) in [5.41, 5.74) is 2.83. The number of H-pyrrole nitrogens is 1. The van der Waals surface area contributed by atoms with Crippen LogP contribution in [0, 0.1) is 18.3 Å². The molecule has 3 nitrogen and oxygen atoms in total. The van der Waals surface area contributed by atoms with Gasteiger partial charge in [0.05, 0.1) is 0 Å². The number of nitrogens with zero attached hydrogens (tertiary/aromatic N) is 1. The fraction of sp³-hybridized carbons (Fsp3) is 0.0769. The minimum Gasteiger partial charge on any atom is -0.459 e. The number of aromatic hydroxyl groups is 1. The van der Waals surface area contributed by atoms with Gasteiger partial charge in [0.1, 0.15) is 6.07 Å². The molecule has 3 heteroatoms. The van der Waals surface area contributed by atoms with Gasteiger partial charge in [0, 0.05) is 11.6 Å². The first-order valence-corrected chi connectivity index (χ1v) is 4.94. The van der Waals surface area contributed by atoms with Crippen LogP contribution in [0.2, 0.25) is 0 Å². The molecule has 0 aliphatic heterocycles. The van der Waals surface area contributed by atoms with Gasteiger partial charge >= 0.3 is 5.88 Å². The van der Waals surface area contributed by atoms with E-state index in [2.05, 4.69) is 4.98 Å². The van der Waals surface area contributed by atoms with E-state index in [-0.39, 0.29) is 5.88 Å². The summed E-state index contributed by atoms with van der Waals surface area (Å²) in [5, 5.41) is 18.5. The summed E-state index contributed by atoms with van der Waals surface area (Å²) >= 11 is 0. The molecule has 0 fully saturated rings. The normalized spacial score (nSPS) is 9.75. The van der Waals surface area contributed by atoms with Crippen molar-refractivity contribution in [3.63, 3.8) is 0 Å². The van der Waals surface area contributed by atoms with Crippen LogP contribution in [0.4, 0.5) is 0 Å². The summed E-state index contributed by atoms with van der Waals surface area (Å²) in [7, 11) is 0. The third-order valence-corrected chi connectivity index (χ3v) is 2.44. The first-order valence-electron chi connectivity index (χ1n) is 4.94. The zero-order valence-electron chi connectivity index (χ0n) is 8.86. The number of nitriles is 1. The van der Waals surface area contributed by atoms with Gasteiger partial charge in [0.25, 0.3) is 0 Å². The summed E-state index contributed by atoms with van der Waals surface area (Å²) in [6, 6.07) is 13.5. The van der Waals surface area contributed by atoms with E-state index >= 15 is 0 Å². The molecule has 0 aliphatic carbocycles. The molecule has 0 saturated heterocycles. The van der Waals surface area contributed by atoms with Crippen molar-refractivity contribution in [3.05, 3.63) is 47.5 Å². The molecule has 78 valence electrons. The van der Waals surface area contributed by atoms with E-state index in [1.165, 1.54) is 0 Å². The molecule has 1 aromatic heterocycles. The molecule has 1 heterocycles. The molecule has 0 radical (unpaired) electrons. The number of rotatable bonds is 1. The molecule has 0 atom stereocenters. The molecule has 0 aliphatic rings. The maximum Gasteiger partial charge on any atom is 0.382 e. The average molecular weight is 211 g/mol. The number of aryl methyl sites for hydroxylation is 1. The minimum atomic E-state index is -0.0821.